The van der Waals surface area contributed by atoms with E-state index in [4.69, 9.17) is 9.69 Å². The first-order chi connectivity index (χ1) is 6.77. The van der Waals surface area contributed by atoms with Crippen molar-refractivity contribution in [2.75, 3.05) is 6.61 Å². The van der Waals surface area contributed by atoms with Crippen LogP contribution in [0.1, 0.15) is 51.9 Å². The zero-order chi connectivity index (χ0) is 10.6. The first-order valence-corrected chi connectivity index (χ1v) is 6.94. The summed E-state index contributed by atoms with van der Waals surface area (Å²) < 4.78 is 0.150. The van der Waals surface area contributed by atoms with Gasteiger partial charge in [0.15, 0.2) is 0 Å². The van der Waals surface area contributed by atoms with Crippen molar-refractivity contribution in [3.8, 4) is 0 Å². The summed E-state index contributed by atoms with van der Waals surface area (Å²) in [6, 6.07) is 0. The van der Waals surface area contributed by atoms with Gasteiger partial charge in [-0.1, -0.05) is 45.4 Å². The lowest BCUT2D eigenvalue weighted by atomic mass is 10.1. The van der Waals surface area contributed by atoms with E-state index in [0.29, 0.717) is 0 Å². The van der Waals surface area contributed by atoms with Crippen LogP contribution in [-0.2, 0) is 9.69 Å². The molecule has 0 aromatic heterocycles. The Kier molecular flexibility index (Phi) is 12.4. The highest BCUT2D eigenvalue weighted by Crippen LogP contribution is 2.07. The lowest BCUT2D eigenvalue weighted by Crippen LogP contribution is -2.05. The first-order valence-electron chi connectivity index (χ1n) is 5.69. The molecule has 0 saturated heterocycles. The molecule has 0 amide bonds. The Morgan fingerprint density at radius 3 is 2.14 bits per heavy atom. The molecule has 4 heteroatoms. The van der Waals surface area contributed by atoms with Crippen molar-refractivity contribution >= 4 is 27.1 Å². The molecule has 0 rings (SSSR count). The molecule has 0 fully saturated rings. The minimum Gasteiger partial charge on any atom is -0.291 e. The van der Waals surface area contributed by atoms with Gasteiger partial charge in [-0.2, -0.15) is 0 Å². The van der Waals surface area contributed by atoms with Crippen LogP contribution in [0, 0.1) is 0 Å². The van der Waals surface area contributed by atoms with E-state index in [9.17, 15) is 0 Å². The molecule has 14 heavy (non-hydrogen) atoms. The smallest absolute Gasteiger partial charge is 0.291 e. The van der Waals surface area contributed by atoms with Crippen LogP contribution in [0.4, 0.5) is 0 Å². The van der Waals surface area contributed by atoms with Crippen LogP contribution in [-0.4, -0.2) is 11.4 Å². The molecule has 0 bridgehead atoms. The van der Waals surface area contributed by atoms with Gasteiger partial charge in [-0.25, -0.2) is 0 Å². The van der Waals surface area contributed by atoms with Crippen molar-refractivity contribution < 1.29 is 9.69 Å². The van der Waals surface area contributed by atoms with E-state index in [-0.39, 0.29) is 4.77 Å². The predicted molar refractivity (Wildman–Crippen MR) is 70.7 cm³/mol. The van der Waals surface area contributed by atoms with Gasteiger partial charge in [-0.3, -0.25) is 9.69 Å². The standard InChI is InChI=1S/C10H22BIO2/c1-3-4-5-6-7-8-9-10-13-14-11(2)12/h3-10H2,1-2H3. The third-order valence-electron chi connectivity index (χ3n) is 2.03. The molecule has 0 aliphatic carbocycles. The average Bonchev–Trinajstić information content (AvgIpc) is 2.15. The highest BCUT2D eigenvalue weighted by Gasteiger charge is 2.01. The molecule has 0 aromatic carbocycles. The molecule has 2 nitrogen and oxygen atoms in total. The van der Waals surface area contributed by atoms with Gasteiger partial charge in [0.25, 0.3) is 0 Å². The lowest BCUT2D eigenvalue weighted by Gasteiger charge is -2.04. The van der Waals surface area contributed by atoms with Crippen molar-refractivity contribution in [1.82, 2.24) is 0 Å². The Balaban J connectivity index is 2.85. The topological polar surface area (TPSA) is 18.5 Å². The summed E-state index contributed by atoms with van der Waals surface area (Å²) in [5.41, 5.74) is 0. The largest absolute Gasteiger partial charge is 0.405 e. The van der Waals surface area contributed by atoms with E-state index in [2.05, 4.69) is 29.3 Å². The Morgan fingerprint density at radius 2 is 1.57 bits per heavy atom. The van der Waals surface area contributed by atoms with Crippen LogP contribution < -0.4 is 0 Å². The second-order valence-corrected chi connectivity index (χ2v) is 5.34. The monoisotopic (exact) mass is 312 g/mol. The quantitative estimate of drug-likeness (QED) is 0.197. The minimum absolute atomic E-state index is 0.150. The summed E-state index contributed by atoms with van der Waals surface area (Å²) in [6.07, 6.45) is 9.19. The number of unbranched alkanes of at least 4 members (excludes halogenated alkanes) is 6. The van der Waals surface area contributed by atoms with Crippen molar-refractivity contribution in [1.29, 1.82) is 0 Å². The fourth-order valence-electron chi connectivity index (χ4n) is 1.26. The third kappa shape index (κ3) is 12.7. The SMILES string of the molecule is CCCCCCCCCOOB(C)I. The maximum Gasteiger partial charge on any atom is 0.405 e. The Morgan fingerprint density at radius 1 is 1.00 bits per heavy atom. The summed E-state index contributed by atoms with van der Waals surface area (Å²) in [4.78, 5) is 9.99. The average molecular weight is 312 g/mol. The van der Waals surface area contributed by atoms with E-state index in [1.54, 1.807) is 0 Å². The molecule has 0 heterocycles. The normalized spacial score (nSPS) is 10.5. The molecule has 0 aromatic rings. The zero-order valence-corrected chi connectivity index (χ0v) is 11.6. The van der Waals surface area contributed by atoms with Gasteiger partial charge in [0.1, 0.15) is 0 Å². The molecule has 0 saturated carbocycles. The molecular weight excluding hydrogens is 290 g/mol. The van der Waals surface area contributed by atoms with Crippen molar-refractivity contribution in [3.05, 3.63) is 0 Å². The molecule has 0 N–H and O–H groups in total. The van der Waals surface area contributed by atoms with Crippen LogP contribution in [0.2, 0.25) is 6.82 Å². The van der Waals surface area contributed by atoms with E-state index in [1.165, 1.54) is 38.5 Å². The van der Waals surface area contributed by atoms with Gasteiger partial charge >= 0.3 is 4.77 Å². The fraction of sp³-hybridized carbons (Fsp3) is 1.00. The zero-order valence-electron chi connectivity index (χ0n) is 9.43. The minimum atomic E-state index is 0.150. The molecule has 0 aliphatic rings. The Labute approximate surface area is 102 Å². The van der Waals surface area contributed by atoms with Gasteiger partial charge in [0.2, 0.25) is 0 Å². The van der Waals surface area contributed by atoms with E-state index in [0.717, 1.165) is 13.0 Å². The number of rotatable bonds is 10. The van der Waals surface area contributed by atoms with E-state index < -0.39 is 0 Å². The molecule has 0 radical (unpaired) electrons. The molecule has 0 aliphatic heterocycles. The highest BCUT2D eigenvalue weighted by atomic mass is 127. The van der Waals surface area contributed by atoms with E-state index in [1.807, 2.05) is 6.82 Å². The van der Waals surface area contributed by atoms with Crippen LogP contribution >= 0.6 is 22.4 Å². The lowest BCUT2D eigenvalue weighted by molar-refractivity contribution is -0.209. The molecule has 0 spiro atoms. The fourth-order valence-corrected chi connectivity index (χ4v) is 1.41. The van der Waals surface area contributed by atoms with Crippen molar-refractivity contribution in [2.45, 2.75) is 58.7 Å². The Bertz CT molecular complexity index is 112. The summed E-state index contributed by atoms with van der Waals surface area (Å²) in [7, 11) is 0. The van der Waals surface area contributed by atoms with Crippen LogP contribution in [0.15, 0.2) is 0 Å². The van der Waals surface area contributed by atoms with Gasteiger partial charge < -0.3 is 0 Å². The molecular formula is C10H22BIO2. The van der Waals surface area contributed by atoms with Gasteiger partial charge in [0.05, 0.1) is 6.61 Å². The first kappa shape index (κ1) is 14.7. The number of hydrogen-bond acceptors (Lipinski definition) is 2. The van der Waals surface area contributed by atoms with Crippen LogP contribution in [0.3, 0.4) is 0 Å². The van der Waals surface area contributed by atoms with E-state index >= 15 is 0 Å². The maximum atomic E-state index is 5.02. The highest BCUT2D eigenvalue weighted by molar-refractivity contribution is 14.1. The van der Waals surface area contributed by atoms with Crippen LogP contribution in [0.25, 0.3) is 0 Å². The van der Waals surface area contributed by atoms with Gasteiger partial charge in [-0.15, -0.1) is 22.4 Å². The molecule has 0 atom stereocenters. The van der Waals surface area contributed by atoms with Crippen LogP contribution in [0.5, 0.6) is 0 Å². The summed E-state index contributed by atoms with van der Waals surface area (Å²) in [5, 5.41) is 0. The third-order valence-corrected chi connectivity index (χ3v) is 2.24. The van der Waals surface area contributed by atoms with Crippen molar-refractivity contribution in [3.63, 3.8) is 0 Å². The number of hydrogen-bond donors (Lipinski definition) is 0. The summed E-state index contributed by atoms with van der Waals surface area (Å²) in [5.74, 6) is 0. The van der Waals surface area contributed by atoms with Crippen molar-refractivity contribution in [2.24, 2.45) is 0 Å². The summed E-state index contributed by atoms with van der Waals surface area (Å²) in [6.45, 7) is 4.95. The Hall–Kier alpha value is 0.715. The van der Waals surface area contributed by atoms with Gasteiger partial charge in [-0.05, 0) is 13.2 Å². The molecule has 84 valence electrons. The predicted octanol–water partition coefficient (Wildman–Crippen LogP) is 4.24. The second-order valence-electron chi connectivity index (χ2n) is 3.58. The molecule has 0 unspecified atom stereocenters. The summed E-state index contributed by atoms with van der Waals surface area (Å²) >= 11 is 2.18. The second kappa shape index (κ2) is 11.8. The van der Waals surface area contributed by atoms with Gasteiger partial charge in [0, 0.05) is 0 Å². The maximum absolute atomic E-state index is 5.02. The number of halogens is 1.